The zero-order valence-corrected chi connectivity index (χ0v) is 49.0. The molecule has 0 aliphatic carbocycles. The maximum absolute atomic E-state index is 9.70. The summed E-state index contributed by atoms with van der Waals surface area (Å²) in [5, 5.41) is 2.46. The van der Waals surface area contributed by atoms with E-state index in [-0.39, 0.29) is 71.3 Å². The van der Waals surface area contributed by atoms with Gasteiger partial charge in [0.05, 0.1) is 44.4 Å². The third-order valence-electron chi connectivity index (χ3n) is 17.3. The van der Waals surface area contributed by atoms with Gasteiger partial charge in [-0.3, -0.25) is 0 Å². The molecule has 4 nitrogen and oxygen atoms in total. The van der Waals surface area contributed by atoms with E-state index in [1.54, 1.807) is 0 Å². The van der Waals surface area contributed by atoms with E-state index in [1.807, 2.05) is 21.3 Å². The summed E-state index contributed by atoms with van der Waals surface area (Å²) in [5.41, 5.74) is 19.5. The SMILES string of the molecule is [2H]c1c([2H])c([2H])c2c(c1[2H])c1cc(C(C)(C)C)ccc1n2-c1ccc2c(c1)N(c1ccccc1-c1ccccc1)c1cc(CC(C)(C)C)cc3c1B2c1ccc(-n2c4ccc(C(C)(C)C)cc4c4c([2H])c([2H])c([2H])c([2H])c42)cc1N3c1ccccc1-c1ccccc1. The number of para-hydroxylation sites is 4. The third kappa shape index (κ3) is 8.34. The quantitative estimate of drug-likeness (QED) is 0.148. The van der Waals surface area contributed by atoms with Crippen LogP contribution in [-0.2, 0) is 17.3 Å². The first-order valence-electron chi connectivity index (χ1n) is 33.3. The molecule has 0 radical (unpaired) electrons. The second kappa shape index (κ2) is 19.1. The molecule has 0 N–H and O–H groups in total. The first-order valence-corrected chi connectivity index (χ1v) is 29.3. The molecule has 2 aliphatic heterocycles. The van der Waals surface area contributed by atoms with E-state index in [0.717, 1.165) is 129 Å². The molecule has 2 aromatic heterocycles. The number of benzene rings is 11. The fourth-order valence-electron chi connectivity index (χ4n) is 13.5. The lowest BCUT2D eigenvalue weighted by atomic mass is 9.33. The Balaban J connectivity index is 1.09. The minimum absolute atomic E-state index is 0.0764. The summed E-state index contributed by atoms with van der Waals surface area (Å²) >= 11 is 0. The summed E-state index contributed by atoms with van der Waals surface area (Å²) in [5.74, 6) is 0. The molecule has 11 aromatic carbocycles. The van der Waals surface area contributed by atoms with Gasteiger partial charge in [-0.05, 0) is 152 Å². The Kier molecular flexibility index (Phi) is 9.87. The summed E-state index contributed by atoms with van der Waals surface area (Å²) in [6.45, 7) is 19.4. The Morgan fingerprint density at radius 3 is 1.21 bits per heavy atom. The molecular formula is C79H69BN4. The molecule has 0 unspecified atom stereocenters. The van der Waals surface area contributed by atoms with E-state index >= 15 is 0 Å². The molecule has 84 heavy (non-hydrogen) atoms. The molecule has 0 atom stereocenters. The van der Waals surface area contributed by atoms with Crippen LogP contribution in [0.5, 0.6) is 0 Å². The summed E-state index contributed by atoms with van der Waals surface area (Å²) in [7, 11) is 0. The smallest absolute Gasteiger partial charge is 0.252 e. The van der Waals surface area contributed by atoms with Gasteiger partial charge in [-0.2, -0.15) is 0 Å². The van der Waals surface area contributed by atoms with Crippen molar-refractivity contribution in [3.05, 3.63) is 259 Å². The van der Waals surface area contributed by atoms with Crippen molar-refractivity contribution in [1.82, 2.24) is 9.13 Å². The van der Waals surface area contributed by atoms with Crippen molar-refractivity contribution in [1.29, 1.82) is 0 Å². The molecule has 0 fully saturated rings. The van der Waals surface area contributed by atoms with Crippen LogP contribution in [0.25, 0.3) is 77.2 Å². The van der Waals surface area contributed by atoms with Crippen LogP contribution >= 0.6 is 0 Å². The van der Waals surface area contributed by atoms with Gasteiger partial charge in [0.2, 0.25) is 0 Å². The van der Waals surface area contributed by atoms with Crippen LogP contribution in [0.15, 0.2) is 242 Å². The molecule has 15 rings (SSSR count). The van der Waals surface area contributed by atoms with E-state index in [0.29, 0.717) is 21.8 Å². The van der Waals surface area contributed by atoms with Gasteiger partial charge in [0, 0.05) is 66.8 Å². The Labute approximate surface area is 506 Å². The van der Waals surface area contributed by atoms with Gasteiger partial charge in [-0.15, -0.1) is 0 Å². The van der Waals surface area contributed by atoms with Gasteiger partial charge in [0.15, 0.2) is 0 Å². The second-order valence-corrected chi connectivity index (χ2v) is 26.2. The standard InChI is InChI=1S/C79H69BN4/c1-77(2,3)50-51-44-74-76-75(45-51)84(67-33-21-17-29-59(67)53-26-14-11-15-27-53)73-49-57(82-69-35-23-19-31-61(69)63-47-55(79(7,8)9)37-43-71(63)82)39-41-65(73)80(76)64-40-38-56(48-72(64)83(74)66-32-20-16-28-58(66)52-24-12-10-13-25-52)81-68-34-22-18-30-60(68)62-46-54(78(4,5)6)36-42-70(62)81/h10-49H,50H2,1-9H3/i18D,19D,22D,23D,30D,31D,34D,35D. The predicted molar refractivity (Wildman–Crippen MR) is 361 cm³/mol. The Bertz CT molecular complexity index is 4950. The van der Waals surface area contributed by atoms with Gasteiger partial charge in [0.1, 0.15) is 0 Å². The number of hydrogen-bond acceptors (Lipinski definition) is 2. The fourth-order valence-corrected chi connectivity index (χ4v) is 13.5. The topological polar surface area (TPSA) is 16.3 Å². The largest absolute Gasteiger partial charge is 0.311 e. The first kappa shape index (κ1) is 43.4. The summed E-state index contributed by atoms with van der Waals surface area (Å²) in [4.78, 5) is 4.89. The van der Waals surface area contributed by atoms with Gasteiger partial charge in [-0.1, -0.05) is 220 Å². The third-order valence-corrected chi connectivity index (χ3v) is 17.3. The Morgan fingerprint density at radius 1 is 0.369 bits per heavy atom. The monoisotopic (exact) mass is 1090 g/mol. The number of hydrogen-bond donors (Lipinski definition) is 0. The van der Waals surface area contributed by atoms with Crippen molar-refractivity contribution in [2.45, 2.75) is 79.6 Å². The second-order valence-electron chi connectivity index (χ2n) is 26.2. The summed E-state index contributed by atoms with van der Waals surface area (Å²) in [6.07, 6.45) is 0.736. The summed E-state index contributed by atoms with van der Waals surface area (Å²) < 4.78 is 78.8. The molecule has 0 spiro atoms. The maximum atomic E-state index is 9.70. The number of aromatic nitrogens is 2. The first-order chi connectivity index (χ1) is 43.9. The van der Waals surface area contributed by atoms with Gasteiger partial charge in [-0.25, -0.2) is 0 Å². The number of anilines is 6. The number of fused-ring (bicyclic) bond motifs is 10. The minimum Gasteiger partial charge on any atom is -0.311 e. The predicted octanol–water partition coefficient (Wildman–Crippen LogP) is 19.5. The van der Waals surface area contributed by atoms with Crippen LogP contribution in [0.2, 0.25) is 0 Å². The molecule has 0 amide bonds. The minimum atomic E-state index is -0.383. The molecule has 408 valence electrons. The molecule has 0 saturated carbocycles. The van der Waals surface area contributed by atoms with E-state index in [9.17, 15) is 5.48 Å². The molecule has 0 bridgehead atoms. The zero-order valence-electron chi connectivity index (χ0n) is 57.0. The molecule has 13 aromatic rings. The maximum Gasteiger partial charge on any atom is 0.252 e. The van der Waals surface area contributed by atoms with Crippen LogP contribution in [0, 0.1) is 5.41 Å². The molecule has 4 heterocycles. The normalized spacial score (nSPS) is 14.6. The van der Waals surface area contributed by atoms with Crippen LogP contribution < -0.4 is 26.2 Å². The lowest BCUT2D eigenvalue weighted by molar-refractivity contribution is 0.411. The average molecular weight is 1090 g/mol. The highest BCUT2D eigenvalue weighted by molar-refractivity contribution is 7.00. The highest BCUT2D eigenvalue weighted by atomic mass is 15.2. The van der Waals surface area contributed by atoms with Crippen molar-refractivity contribution in [3.63, 3.8) is 0 Å². The highest BCUT2D eigenvalue weighted by Crippen LogP contribution is 2.50. The van der Waals surface area contributed by atoms with Crippen LogP contribution in [-0.4, -0.2) is 15.8 Å². The molecule has 0 saturated heterocycles. The lowest BCUT2D eigenvalue weighted by Crippen LogP contribution is -2.61. The van der Waals surface area contributed by atoms with E-state index in [1.165, 1.54) is 0 Å². The summed E-state index contributed by atoms with van der Waals surface area (Å²) in [6, 6.07) is 67.4. The Hall–Kier alpha value is -9.32. The van der Waals surface area contributed by atoms with E-state index < -0.39 is 0 Å². The fraction of sp³-hybridized carbons (Fsp3) is 0.165. The van der Waals surface area contributed by atoms with Crippen molar-refractivity contribution in [2.24, 2.45) is 5.41 Å². The van der Waals surface area contributed by atoms with E-state index in [4.69, 9.17) is 5.48 Å². The van der Waals surface area contributed by atoms with Crippen LogP contribution in [0.4, 0.5) is 34.1 Å². The van der Waals surface area contributed by atoms with Crippen molar-refractivity contribution in [2.75, 3.05) is 9.80 Å². The van der Waals surface area contributed by atoms with Crippen molar-refractivity contribution < 1.29 is 11.0 Å². The Morgan fingerprint density at radius 2 is 0.786 bits per heavy atom. The van der Waals surface area contributed by atoms with Crippen LogP contribution in [0.1, 0.15) is 90.0 Å². The van der Waals surface area contributed by atoms with Gasteiger partial charge >= 0.3 is 0 Å². The molecule has 2 aliphatic rings. The highest BCUT2D eigenvalue weighted by Gasteiger charge is 2.45. The van der Waals surface area contributed by atoms with Gasteiger partial charge in [0.25, 0.3) is 6.71 Å². The lowest BCUT2D eigenvalue weighted by Gasteiger charge is -2.45. The number of nitrogens with zero attached hydrogens (tertiary/aromatic N) is 4. The molecular weight excluding hydrogens is 1020 g/mol. The van der Waals surface area contributed by atoms with Crippen molar-refractivity contribution >= 4 is 101 Å². The van der Waals surface area contributed by atoms with Crippen molar-refractivity contribution in [3.8, 4) is 33.6 Å². The number of rotatable bonds is 7. The van der Waals surface area contributed by atoms with E-state index in [2.05, 4.69) is 254 Å². The molecule has 5 heteroatoms. The van der Waals surface area contributed by atoms with Gasteiger partial charge < -0.3 is 18.9 Å². The van der Waals surface area contributed by atoms with Crippen LogP contribution in [0.3, 0.4) is 0 Å². The zero-order chi connectivity index (χ0) is 64.4. The average Bonchev–Trinajstić information content (AvgIpc) is 0.879.